The van der Waals surface area contributed by atoms with Crippen LogP contribution in [0.2, 0.25) is 0 Å². The minimum Gasteiger partial charge on any atom is -0.392 e. The summed E-state index contributed by atoms with van der Waals surface area (Å²) in [6, 6.07) is 11.1. The van der Waals surface area contributed by atoms with E-state index in [1.54, 1.807) is 24.2 Å². The fourth-order valence-electron chi connectivity index (χ4n) is 8.20. The number of hydrogen-bond acceptors (Lipinski definition) is 8. The zero-order chi connectivity index (χ0) is 34.5. The summed E-state index contributed by atoms with van der Waals surface area (Å²) in [5.74, 6) is -0.226. The van der Waals surface area contributed by atoms with Crippen molar-refractivity contribution in [3.05, 3.63) is 87.5 Å². The Morgan fingerprint density at radius 1 is 1.04 bits per heavy atom. The summed E-state index contributed by atoms with van der Waals surface area (Å²) in [7, 11) is 1.64. The Kier molecular flexibility index (Phi) is 8.70. The second-order valence-electron chi connectivity index (χ2n) is 14.0. The lowest BCUT2D eigenvalue weighted by atomic mass is 9.97. The molecular formula is C38H44FN7O4. The molecule has 0 unspecified atom stereocenters. The van der Waals surface area contributed by atoms with Gasteiger partial charge in [0.25, 0.3) is 11.5 Å². The third-order valence-electron chi connectivity index (χ3n) is 11.0. The van der Waals surface area contributed by atoms with E-state index >= 15 is 4.39 Å². The van der Waals surface area contributed by atoms with E-state index in [0.717, 1.165) is 70.6 Å². The summed E-state index contributed by atoms with van der Waals surface area (Å²) < 4.78 is 24.4. The minimum atomic E-state index is -0.534. The van der Waals surface area contributed by atoms with Gasteiger partial charge in [0.1, 0.15) is 23.0 Å². The highest BCUT2D eigenvalue weighted by molar-refractivity contribution is 6.07. The van der Waals surface area contributed by atoms with Crippen LogP contribution in [-0.4, -0.2) is 81.5 Å². The molecule has 0 radical (unpaired) electrons. The molecule has 6 heterocycles. The van der Waals surface area contributed by atoms with E-state index in [9.17, 15) is 14.7 Å². The van der Waals surface area contributed by atoms with E-state index in [-0.39, 0.29) is 17.2 Å². The van der Waals surface area contributed by atoms with Crippen molar-refractivity contribution in [1.82, 2.24) is 19.0 Å². The zero-order valence-electron chi connectivity index (χ0n) is 28.7. The van der Waals surface area contributed by atoms with Gasteiger partial charge >= 0.3 is 0 Å². The molecule has 262 valence electrons. The number of rotatable bonds is 8. The largest absolute Gasteiger partial charge is 0.392 e. The lowest BCUT2D eigenvalue weighted by molar-refractivity contribution is -0.0698. The molecule has 8 rings (SSSR count). The van der Waals surface area contributed by atoms with Gasteiger partial charge in [0.2, 0.25) is 0 Å². The second kappa shape index (κ2) is 13.3. The molecule has 2 saturated heterocycles. The molecule has 1 aromatic carbocycles. The molecule has 11 nitrogen and oxygen atoms in total. The van der Waals surface area contributed by atoms with Gasteiger partial charge in [0, 0.05) is 68.8 Å². The van der Waals surface area contributed by atoms with Crippen molar-refractivity contribution in [1.29, 1.82) is 0 Å². The molecule has 2 N–H and O–H groups in total. The van der Waals surface area contributed by atoms with Crippen LogP contribution in [0.1, 0.15) is 53.5 Å². The molecule has 1 atom stereocenters. The van der Waals surface area contributed by atoms with Crippen molar-refractivity contribution in [3.63, 3.8) is 0 Å². The maximum atomic E-state index is 15.4. The Morgan fingerprint density at radius 3 is 2.62 bits per heavy atom. The number of aliphatic hydroxyl groups excluding tert-OH is 1. The number of ether oxygens (including phenoxy) is 1. The topological polar surface area (TPSA) is 108 Å². The third-order valence-corrected chi connectivity index (χ3v) is 11.0. The zero-order valence-corrected chi connectivity index (χ0v) is 28.7. The molecule has 3 aliphatic heterocycles. The Bertz CT molecular complexity index is 1990. The smallest absolute Gasteiger partial charge is 0.274 e. The third kappa shape index (κ3) is 5.78. The van der Waals surface area contributed by atoms with Gasteiger partial charge in [-0.15, -0.1) is 0 Å². The molecule has 4 aliphatic rings. The summed E-state index contributed by atoms with van der Waals surface area (Å²) in [5.41, 5.74) is 5.79. The van der Waals surface area contributed by atoms with Crippen molar-refractivity contribution in [2.75, 3.05) is 54.5 Å². The summed E-state index contributed by atoms with van der Waals surface area (Å²) in [5, 5.41) is 13.9. The number of nitrogens with one attached hydrogen (secondary N) is 1. The monoisotopic (exact) mass is 681 g/mol. The van der Waals surface area contributed by atoms with Crippen molar-refractivity contribution in [2.24, 2.45) is 7.05 Å². The quantitative estimate of drug-likeness (QED) is 0.281. The Labute approximate surface area is 290 Å². The van der Waals surface area contributed by atoms with Crippen molar-refractivity contribution in [2.45, 2.75) is 64.3 Å². The Hall–Kier alpha value is -4.52. The van der Waals surface area contributed by atoms with E-state index in [0.29, 0.717) is 59.1 Å². The molecule has 12 heteroatoms. The number of carbonyl (C=O) groups excluding carboxylic acids is 1. The molecule has 0 spiro atoms. The molecule has 50 heavy (non-hydrogen) atoms. The predicted octanol–water partition coefficient (Wildman–Crippen LogP) is 4.46. The predicted molar refractivity (Wildman–Crippen MR) is 191 cm³/mol. The van der Waals surface area contributed by atoms with Gasteiger partial charge in [-0.2, -0.15) is 0 Å². The van der Waals surface area contributed by atoms with E-state index < -0.39 is 12.4 Å². The average Bonchev–Trinajstić information content (AvgIpc) is 3.49. The van der Waals surface area contributed by atoms with Crippen LogP contribution in [0.5, 0.6) is 0 Å². The molecule has 3 aromatic heterocycles. The number of carbonyl (C=O) groups is 1. The number of amides is 1. The van der Waals surface area contributed by atoms with Gasteiger partial charge in [0.05, 0.1) is 43.4 Å². The van der Waals surface area contributed by atoms with Crippen molar-refractivity contribution in [3.8, 4) is 11.1 Å². The number of aryl methyl sites for hydroxylation is 2. The first-order chi connectivity index (χ1) is 24.3. The summed E-state index contributed by atoms with van der Waals surface area (Å²) in [4.78, 5) is 38.4. The standard InChI is InChI=1S/C38H44FN7O4/c1-3-27-20-43(29-22-50-23-29)10-11-44(27)28-8-9-36(40-18-28)41-32-14-25(19-42(2)37(32)48)30-16-26(39)17-34(31(30)21-47)46-13-12-45-33-7-5-4-6-24(33)15-35(45)38(46)49/h8-9,14-19,27,29,47H,3-7,10-13,20-23H2,1-2H3,(H,40,41)/t27-/m0/s1. The first-order valence-corrected chi connectivity index (χ1v) is 17.8. The minimum absolute atomic E-state index is 0.200. The van der Waals surface area contributed by atoms with Crippen LogP contribution in [0.15, 0.2) is 53.6 Å². The summed E-state index contributed by atoms with van der Waals surface area (Å²) in [6.45, 7) is 7.29. The average molecular weight is 682 g/mol. The van der Waals surface area contributed by atoms with Gasteiger partial charge < -0.3 is 34.1 Å². The number of halogens is 1. The molecule has 1 amide bonds. The van der Waals surface area contributed by atoms with E-state index in [2.05, 4.69) is 31.6 Å². The van der Waals surface area contributed by atoms with Crippen LogP contribution >= 0.6 is 0 Å². The molecule has 2 fully saturated rings. The molecule has 0 bridgehead atoms. The van der Waals surface area contributed by atoms with Gasteiger partial charge in [-0.25, -0.2) is 9.37 Å². The highest BCUT2D eigenvalue weighted by Crippen LogP contribution is 2.37. The number of nitrogens with zero attached hydrogens (tertiary/aromatic N) is 6. The number of piperazine rings is 1. The van der Waals surface area contributed by atoms with Crippen LogP contribution in [0.25, 0.3) is 11.1 Å². The number of benzene rings is 1. The Balaban J connectivity index is 1.06. The normalized spacial score (nSPS) is 19.7. The number of aliphatic hydroxyl groups is 1. The molecule has 0 saturated carbocycles. The fourth-order valence-corrected chi connectivity index (χ4v) is 8.20. The highest BCUT2D eigenvalue weighted by atomic mass is 19.1. The van der Waals surface area contributed by atoms with Gasteiger partial charge in [0.15, 0.2) is 0 Å². The van der Waals surface area contributed by atoms with Gasteiger partial charge in [-0.1, -0.05) is 6.92 Å². The first kappa shape index (κ1) is 32.7. The van der Waals surface area contributed by atoms with Crippen LogP contribution in [-0.2, 0) is 37.8 Å². The van der Waals surface area contributed by atoms with Gasteiger partial charge in [-0.05, 0) is 79.6 Å². The van der Waals surface area contributed by atoms with Crippen LogP contribution in [0.4, 0.5) is 27.3 Å². The van der Waals surface area contributed by atoms with E-state index in [1.807, 2.05) is 24.4 Å². The highest BCUT2D eigenvalue weighted by Gasteiger charge is 2.34. The van der Waals surface area contributed by atoms with E-state index in [4.69, 9.17) is 4.74 Å². The van der Waals surface area contributed by atoms with Crippen LogP contribution < -0.4 is 20.7 Å². The maximum absolute atomic E-state index is 15.4. The first-order valence-electron chi connectivity index (χ1n) is 17.8. The maximum Gasteiger partial charge on any atom is 0.274 e. The SMILES string of the molecule is CC[C@H]1CN(C2COC2)CCN1c1ccc(Nc2cc(-c3cc(F)cc(N4CCn5c(cc6c5CCCC6)C4=O)c3CO)cn(C)c2=O)nc1. The lowest BCUT2D eigenvalue weighted by Gasteiger charge is -2.47. The van der Waals surface area contributed by atoms with E-state index in [1.165, 1.54) is 28.0 Å². The van der Waals surface area contributed by atoms with Crippen molar-refractivity contribution >= 4 is 28.8 Å². The van der Waals surface area contributed by atoms with Crippen LogP contribution in [0, 0.1) is 5.82 Å². The second-order valence-corrected chi connectivity index (χ2v) is 14.0. The molecular weight excluding hydrogens is 637 g/mol. The lowest BCUT2D eigenvalue weighted by Crippen LogP contribution is -2.60. The van der Waals surface area contributed by atoms with Crippen LogP contribution in [0.3, 0.4) is 0 Å². The number of aromatic nitrogens is 3. The summed E-state index contributed by atoms with van der Waals surface area (Å²) >= 11 is 0. The number of anilines is 4. The molecule has 1 aliphatic carbocycles. The Morgan fingerprint density at radius 2 is 1.88 bits per heavy atom. The number of fused-ring (bicyclic) bond motifs is 3. The fraction of sp³-hybridized carbons (Fsp3) is 0.447. The van der Waals surface area contributed by atoms with Gasteiger partial charge in [-0.3, -0.25) is 14.5 Å². The number of pyridine rings is 2. The summed E-state index contributed by atoms with van der Waals surface area (Å²) in [6.07, 6.45) is 8.64. The molecule has 4 aromatic rings. The van der Waals surface area contributed by atoms with Crippen molar-refractivity contribution < 1.29 is 19.0 Å². The number of hydrogen-bond donors (Lipinski definition) is 2.